The third-order valence-corrected chi connectivity index (χ3v) is 12.4. The molecule has 262 valence electrons. The first-order valence-corrected chi connectivity index (χ1v) is 19.3. The number of benzene rings is 8. The first kappa shape index (κ1) is 31.8. The Kier molecular flexibility index (Phi) is 6.76. The molecule has 0 N–H and O–H groups in total. The van der Waals surface area contributed by atoms with Gasteiger partial charge in [0.25, 0.3) is 0 Å². The van der Waals surface area contributed by atoms with Crippen LogP contribution >= 0.6 is 0 Å². The van der Waals surface area contributed by atoms with Crippen LogP contribution in [0.2, 0.25) is 0 Å². The van der Waals surface area contributed by atoms with E-state index in [-0.39, 0.29) is 5.41 Å². The van der Waals surface area contributed by atoms with E-state index >= 15 is 0 Å². The fraction of sp³-hybridized carbons (Fsp3) is 0.0943. The molecular weight excluding hydrogens is 665 g/mol. The Morgan fingerprint density at radius 1 is 0.345 bits per heavy atom. The summed E-state index contributed by atoms with van der Waals surface area (Å²) in [6.45, 7) is 9.22. The van der Waals surface area contributed by atoms with E-state index in [1.807, 2.05) is 0 Å². The highest BCUT2D eigenvalue weighted by Crippen LogP contribution is 2.50. The van der Waals surface area contributed by atoms with Crippen molar-refractivity contribution in [3.05, 3.63) is 192 Å². The molecule has 2 nitrogen and oxygen atoms in total. The summed E-state index contributed by atoms with van der Waals surface area (Å²) in [5, 5.41) is 5.04. The molecule has 1 aliphatic rings. The predicted molar refractivity (Wildman–Crippen MR) is 233 cm³/mol. The number of hydrogen-bond donors (Lipinski definition) is 0. The molecule has 0 spiro atoms. The molecule has 11 rings (SSSR count). The monoisotopic (exact) mass is 704 g/mol. The van der Waals surface area contributed by atoms with Crippen LogP contribution < -0.4 is 0 Å². The molecule has 0 saturated carbocycles. The van der Waals surface area contributed by atoms with Crippen LogP contribution in [0.5, 0.6) is 0 Å². The van der Waals surface area contributed by atoms with Crippen molar-refractivity contribution in [2.45, 2.75) is 33.1 Å². The molecule has 0 amide bonds. The van der Waals surface area contributed by atoms with E-state index in [0.29, 0.717) is 0 Å². The zero-order chi connectivity index (χ0) is 37.0. The standard InChI is InChI=1S/C53H40N2/c1-33-27-43-41-23-19-38(32-48(41)53(3,4)47(43)28-34(33)2)37-22-26-52-46(31-37)45-30-36(21-25-51(45)55(52)40-15-9-6-10-16-40)35-20-24-50-44(29-35)42-17-11-12-18-49(42)54(50)39-13-7-5-8-14-39/h5-32H,1-4H3. The molecule has 1 aliphatic carbocycles. The third kappa shape index (κ3) is 4.68. The van der Waals surface area contributed by atoms with Crippen LogP contribution in [-0.4, -0.2) is 9.13 Å². The maximum absolute atomic E-state index is 2.45. The van der Waals surface area contributed by atoms with Crippen LogP contribution in [0.25, 0.3) is 88.4 Å². The van der Waals surface area contributed by atoms with Crippen molar-refractivity contribution < 1.29 is 0 Å². The summed E-state index contributed by atoms with van der Waals surface area (Å²) in [6.07, 6.45) is 0. The minimum atomic E-state index is -0.0595. The second kappa shape index (κ2) is 11.7. The van der Waals surface area contributed by atoms with Gasteiger partial charge in [-0.15, -0.1) is 0 Å². The lowest BCUT2D eigenvalue weighted by atomic mass is 9.81. The normalized spacial score (nSPS) is 13.2. The molecular formula is C53H40N2. The summed E-state index contributed by atoms with van der Waals surface area (Å²) in [6, 6.07) is 63.2. The van der Waals surface area contributed by atoms with E-state index in [2.05, 4.69) is 207 Å². The zero-order valence-corrected chi connectivity index (χ0v) is 31.6. The van der Waals surface area contributed by atoms with Crippen LogP contribution in [0.4, 0.5) is 0 Å². The second-order valence-corrected chi connectivity index (χ2v) is 15.9. The molecule has 8 aromatic carbocycles. The molecule has 0 bridgehead atoms. The highest BCUT2D eigenvalue weighted by molar-refractivity contribution is 6.13. The van der Waals surface area contributed by atoms with Crippen molar-refractivity contribution in [2.75, 3.05) is 0 Å². The number of nitrogens with zero attached hydrogens (tertiary/aromatic N) is 2. The van der Waals surface area contributed by atoms with E-state index < -0.39 is 0 Å². The maximum Gasteiger partial charge on any atom is 0.0541 e. The van der Waals surface area contributed by atoms with Gasteiger partial charge in [-0.1, -0.05) is 111 Å². The van der Waals surface area contributed by atoms with Gasteiger partial charge < -0.3 is 9.13 Å². The van der Waals surface area contributed by atoms with Gasteiger partial charge in [0, 0.05) is 38.3 Å². The average molecular weight is 705 g/mol. The topological polar surface area (TPSA) is 9.86 Å². The molecule has 0 unspecified atom stereocenters. The average Bonchev–Trinajstić information content (AvgIpc) is 3.80. The van der Waals surface area contributed by atoms with Crippen molar-refractivity contribution in [1.29, 1.82) is 0 Å². The second-order valence-electron chi connectivity index (χ2n) is 15.9. The van der Waals surface area contributed by atoms with Gasteiger partial charge in [-0.3, -0.25) is 0 Å². The number of hydrogen-bond acceptors (Lipinski definition) is 0. The van der Waals surface area contributed by atoms with Gasteiger partial charge in [-0.25, -0.2) is 0 Å². The molecule has 2 heteroatoms. The van der Waals surface area contributed by atoms with E-state index in [1.165, 1.54) is 111 Å². The van der Waals surface area contributed by atoms with Crippen LogP contribution in [0.1, 0.15) is 36.1 Å². The van der Waals surface area contributed by atoms with Gasteiger partial charge in [0.2, 0.25) is 0 Å². The Morgan fingerprint density at radius 3 is 1.33 bits per heavy atom. The van der Waals surface area contributed by atoms with Gasteiger partial charge in [-0.05, 0) is 142 Å². The van der Waals surface area contributed by atoms with Crippen LogP contribution in [0, 0.1) is 13.8 Å². The van der Waals surface area contributed by atoms with Crippen LogP contribution in [0.3, 0.4) is 0 Å². The highest BCUT2D eigenvalue weighted by atomic mass is 15.0. The van der Waals surface area contributed by atoms with E-state index in [0.717, 1.165) is 0 Å². The fourth-order valence-electron chi connectivity index (χ4n) is 9.42. The molecule has 55 heavy (non-hydrogen) atoms. The lowest BCUT2D eigenvalue weighted by Crippen LogP contribution is -2.15. The number of aryl methyl sites for hydroxylation is 2. The number of rotatable bonds is 4. The predicted octanol–water partition coefficient (Wildman–Crippen LogP) is 14.1. The smallest absolute Gasteiger partial charge is 0.0541 e. The molecule has 2 aromatic heterocycles. The summed E-state index contributed by atoms with van der Waals surface area (Å²) >= 11 is 0. The summed E-state index contributed by atoms with van der Waals surface area (Å²) in [4.78, 5) is 0. The quantitative estimate of drug-likeness (QED) is 0.173. The molecule has 0 aliphatic heterocycles. The minimum Gasteiger partial charge on any atom is -0.309 e. The van der Waals surface area contributed by atoms with Crippen molar-refractivity contribution in [3.63, 3.8) is 0 Å². The van der Waals surface area contributed by atoms with Crippen molar-refractivity contribution in [1.82, 2.24) is 9.13 Å². The highest BCUT2D eigenvalue weighted by Gasteiger charge is 2.36. The van der Waals surface area contributed by atoms with Crippen molar-refractivity contribution in [2.24, 2.45) is 0 Å². The number of aromatic nitrogens is 2. The number of para-hydroxylation sites is 3. The summed E-state index contributed by atoms with van der Waals surface area (Å²) < 4.78 is 4.80. The molecule has 0 fully saturated rings. The first-order valence-electron chi connectivity index (χ1n) is 19.3. The molecule has 0 saturated heterocycles. The van der Waals surface area contributed by atoms with Crippen LogP contribution in [-0.2, 0) is 5.41 Å². The Morgan fingerprint density at radius 2 is 0.764 bits per heavy atom. The Balaban J connectivity index is 1.09. The first-order chi connectivity index (χ1) is 26.8. The van der Waals surface area contributed by atoms with E-state index in [1.54, 1.807) is 0 Å². The van der Waals surface area contributed by atoms with Gasteiger partial charge in [-0.2, -0.15) is 0 Å². The van der Waals surface area contributed by atoms with Crippen molar-refractivity contribution >= 4 is 43.6 Å². The van der Waals surface area contributed by atoms with E-state index in [4.69, 9.17) is 0 Å². The Bertz CT molecular complexity index is 3170. The lowest BCUT2D eigenvalue weighted by molar-refractivity contribution is 0.660. The van der Waals surface area contributed by atoms with Gasteiger partial charge in [0.15, 0.2) is 0 Å². The fourth-order valence-corrected chi connectivity index (χ4v) is 9.42. The largest absolute Gasteiger partial charge is 0.309 e. The van der Waals surface area contributed by atoms with Crippen molar-refractivity contribution in [3.8, 4) is 44.8 Å². The Labute approximate surface area is 321 Å². The third-order valence-electron chi connectivity index (χ3n) is 12.4. The summed E-state index contributed by atoms with van der Waals surface area (Å²) in [5.74, 6) is 0. The minimum absolute atomic E-state index is 0.0595. The van der Waals surface area contributed by atoms with Crippen LogP contribution in [0.15, 0.2) is 170 Å². The van der Waals surface area contributed by atoms with Gasteiger partial charge >= 0.3 is 0 Å². The summed E-state index contributed by atoms with van der Waals surface area (Å²) in [7, 11) is 0. The number of fused-ring (bicyclic) bond motifs is 9. The summed E-state index contributed by atoms with van der Waals surface area (Å²) in [5.41, 5.74) is 20.4. The van der Waals surface area contributed by atoms with Gasteiger partial charge in [0.1, 0.15) is 0 Å². The molecule has 2 heterocycles. The lowest BCUT2D eigenvalue weighted by Gasteiger charge is -2.22. The Hall–Kier alpha value is -6.64. The molecule has 0 radical (unpaired) electrons. The SMILES string of the molecule is Cc1cc2c(cc1C)C(C)(C)c1cc(-c3ccc4c(c3)c3cc(-c5ccc6c(c5)c5ccccc5n6-c5ccccc5)ccc3n4-c3ccccc3)ccc1-2. The molecule has 0 atom stereocenters. The van der Waals surface area contributed by atoms with Gasteiger partial charge in [0.05, 0.1) is 22.1 Å². The van der Waals surface area contributed by atoms with E-state index in [9.17, 15) is 0 Å². The maximum atomic E-state index is 2.45. The molecule has 10 aromatic rings. The zero-order valence-electron chi connectivity index (χ0n) is 31.6.